The number of para-hydroxylation sites is 1. The minimum atomic E-state index is -0.414. The molecule has 2 rings (SSSR count). The molecular weight excluding hydrogens is 267 g/mol. The molecule has 6 heteroatoms. The molecule has 1 heterocycles. The molecule has 1 aromatic carbocycles. The summed E-state index contributed by atoms with van der Waals surface area (Å²) in [5.41, 5.74) is 1.01. The van der Waals surface area contributed by atoms with Gasteiger partial charge in [-0.3, -0.25) is 0 Å². The molecule has 102 valence electrons. The quantitative estimate of drug-likeness (QED) is 0.917. The van der Waals surface area contributed by atoms with Gasteiger partial charge in [-0.25, -0.2) is 9.07 Å². The lowest BCUT2D eigenvalue weighted by molar-refractivity contribution is 0.538. The van der Waals surface area contributed by atoms with Gasteiger partial charge in [-0.05, 0) is 24.6 Å². The Labute approximate surface area is 116 Å². The second-order valence-electron chi connectivity index (χ2n) is 4.73. The van der Waals surface area contributed by atoms with E-state index in [-0.39, 0.29) is 5.69 Å². The smallest absolute Gasteiger partial charge is 0.150 e. The van der Waals surface area contributed by atoms with Gasteiger partial charge in [0.25, 0.3) is 0 Å². The van der Waals surface area contributed by atoms with Crippen LogP contribution < -0.4 is 5.32 Å². The summed E-state index contributed by atoms with van der Waals surface area (Å²) in [5, 5.41) is 11.3. The van der Waals surface area contributed by atoms with Crippen LogP contribution in [-0.2, 0) is 6.54 Å². The monoisotopic (exact) mass is 282 g/mol. The molecule has 0 saturated carbocycles. The Balaban J connectivity index is 2.24. The molecule has 0 unspecified atom stereocenters. The summed E-state index contributed by atoms with van der Waals surface area (Å²) in [4.78, 5) is 0. The molecule has 1 N–H and O–H groups in total. The Morgan fingerprint density at radius 2 is 2.21 bits per heavy atom. The largest absolute Gasteiger partial charge is 0.311 e. The van der Waals surface area contributed by atoms with Gasteiger partial charge in [0.1, 0.15) is 11.5 Å². The maximum absolute atomic E-state index is 13.9. The molecule has 4 nitrogen and oxygen atoms in total. The highest BCUT2D eigenvalue weighted by molar-refractivity contribution is 6.32. The minimum absolute atomic E-state index is 0.239. The molecule has 0 aliphatic rings. The predicted octanol–water partition coefficient (Wildman–Crippen LogP) is 2.81. The van der Waals surface area contributed by atoms with Gasteiger partial charge >= 0.3 is 0 Å². The maximum Gasteiger partial charge on any atom is 0.150 e. The Hall–Kier alpha value is -1.46. The first kappa shape index (κ1) is 14.0. The van der Waals surface area contributed by atoms with Gasteiger partial charge in [0.05, 0.1) is 16.9 Å². The van der Waals surface area contributed by atoms with Gasteiger partial charge in [-0.1, -0.05) is 36.7 Å². The van der Waals surface area contributed by atoms with E-state index in [0.717, 1.165) is 12.2 Å². The van der Waals surface area contributed by atoms with Crippen molar-refractivity contribution in [3.05, 3.63) is 40.9 Å². The van der Waals surface area contributed by atoms with Crippen molar-refractivity contribution in [3.63, 3.8) is 0 Å². The first-order chi connectivity index (χ1) is 9.09. The summed E-state index contributed by atoms with van der Waals surface area (Å²) in [6.45, 7) is 5.68. The normalized spacial score (nSPS) is 11.2. The third-order valence-electron chi connectivity index (χ3n) is 2.63. The number of nitrogens with one attached hydrogen (secondary N) is 1. The van der Waals surface area contributed by atoms with Gasteiger partial charge in [-0.15, -0.1) is 5.10 Å². The molecule has 0 atom stereocenters. The van der Waals surface area contributed by atoms with Gasteiger partial charge < -0.3 is 5.32 Å². The average molecular weight is 283 g/mol. The standard InChI is InChI=1S/C13H16ClFN4/c1-9(2)6-16-7-10-8-17-18-19(10)13-11(14)4-3-5-12(13)15/h3-5,8-9,16H,6-7H2,1-2H3. The Kier molecular flexibility index (Phi) is 4.50. The van der Waals surface area contributed by atoms with Crippen LogP contribution in [0.3, 0.4) is 0 Å². The second-order valence-corrected chi connectivity index (χ2v) is 5.14. The number of benzene rings is 1. The fraction of sp³-hybridized carbons (Fsp3) is 0.385. The third kappa shape index (κ3) is 3.30. The molecule has 19 heavy (non-hydrogen) atoms. The van der Waals surface area contributed by atoms with Crippen molar-refractivity contribution in [2.45, 2.75) is 20.4 Å². The van der Waals surface area contributed by atoms with Gasteiger partial charge in [0, 0.05) is 6.54 Å². The van der Waals surface area contributed by atoms with Crippen LogP contribution >= 0.6 is 11.6 Å². The van der Waals surface area contributed by atoms with E-state index in [2.05, 4.69) is 29.5 Å². The van der Waals surface area contributed by atoms with Crippen LogP contribution in [0.2, 0.25) is 5.02 Å². The van der Waals surface area contributed by atoms with Crippen LogP contribution in [0.1, 0.15) is 19.5 Å². The summed E-state index contributed by atoms with van der Waals surface area (Å²) in [6, 6.07) is 4.55. The fourth-order valence-corrected chi connectivity index (χ4v) is 1.99. The second kappa shape index (κ2) is 6.12. The summed E-state index contributed by atoms with van der Waals surface area (Å²) >= 11 is 6.03. The van der Waals surface area contributed by atoms with Crippen molar-refractivity contribution < 1.29 is 4.39 Å². The molecule has 0 spiro atoms. The SMILES string of the molecule is CC(C)CNCc1cnnn1-c1c(F)cccc1Cl. The number of hydrogen-bond acceptors (Lipinski definition) is 3. The first-order valence-electron chi connectivity index (χ1n) is 6.14. The van der Waals surface area contributed by atoms with Crippen molar-refractivity contribution in [3.8, 4) is 5.69 Å². The molecular formula is C13H16ClFN4. The molecule has 0 fully saturated rings. The van der Waals surface area contributed by atoms with Crippen LogP contribution in [0, 0.1) is 11.7 Å². The summed E-state index contributed by atoms with van der Waals surface area (Å²) in [6.07, 6.45) is 1.61. The lowest BCUT2D eigenvalue weighted by atomic mass is 10.2. The Morgan fingerprint density at radius 3 is 2.89 bits per heavy atom. The molecule has 0 bridgehead atoms. The van der Waals surface area contributed by atoms with Crippen molar-refractivity contribution in [2.24, 2.45) is 5.92 Å². The van der Waals surface area contributed by atoms with Crippen molar-refractivity contribution in [2.75, 3.05) is 6.54 Å². The number of aromatic nitrogens is 3. The topological polar surface area (TPSA) is 42.7 Å². The molecule has 0 aliphatic carbocycles. The zero-order valence-electron chi connectivity index (χ0n) is 10.9. The predicted molar refractivity (Wildman–Crippen MR) is 72.9 cm³/mol. The lowest BCUT2D eigenvalue weighted by Gasteiger charge is -2.10. The Bertz CT molecular complexity index is 533. The van der Waals surface area contributed by atoms with Crippen LogP contribution in [0.5, 0.6) is 0 Å². The average Bonchev–Trinajstić information content (AvgIpc) is 2.77. The number of rotatable bonds is 5. The van der Waals surface area contributed by atoms with E-state index in [4.69, 9.17) is 11.6 Å². The van der Waals surface area contributed by atoms with Crippen molar-refractivity contribution in [1.29, 1.82) is 0 Å². The highest BCUT2D eigenvalue weighted by atomic mass is 35.5. The molecule has 2 aromatic rings. The highest BCUT2D eigenvalue weighted by Gasteiger charge is 2.14. The first-order valence-corrected chi connectivity index (χ1v) is 6.52. The molecule has 0 aliphatic heterocycles. The molecule has 0 radical (unpaired) electrons. The zero-order chi connectivity index (χ0) is 13.8. The van der Waals surface area contributed by atoms with Gasteiger partial charge in [0.2, 0.25) is 0 Å². The summed E-state index contributed by atoms with van der Waals surface area (Å²) in [7, 11) is 0. The van der Waals surface area contributed by atoms with E-state index < -0.39 is 5.82 Å². The van der Waals surface area contributed by atoms with E-state index in [0.29, 0.717) is 17.5 Å². The Morgan fingerprint density at radius 1 is 1.42 bits per heavy atom. The molecule has 0 saturated heterocycles. The van der Waals surface area contributed by atoms with Gasteiger partial charge in [-0.2, -0.15) is 0 Å². The summed E-state index contributed by atoms with van der Waals surface area (Å²) in [5.74, 6) is 0.129. The zero-order valence-corrected chi connectivity index (χ0v) is 11.7. The van der Waals surface area contributed by atoms with Crippen LogP contribution in [0.4, 0.5) is 4.39 Å². The van der Waals surface area contributed by atoms with Crippen molar-refractivity contribution in [1.82, 2.24) is 20.3 Å². The molecule has 0 amide bonds. The van der Waals surface area contributed by atoms with Crippen LogP contribution in [0.25, 0.3) is 5.69 Å². The minimum Gasteiger partial charge on any atom is -0.311 e. The maximum atomic E-state index is 13.9. The van der Waals surface area contributed by atoms with E-state index in [1.165, 1.54) is 10.7 Å². The number of hydrogen-bond donors (Lipinski definition) is 1. The van der Waals surface area contributed by atoms with Crippen LogP contribution in [-0.4, -0.2) is 21.5 Å². The molecule has 1 aromatic heterocycles. The van der Waals surface area contributed by atoms with E-state index in [1.54, 1.807) is 18.3 Å². The number of nitrogens with zero attached hydrogens (tertiary/aromatic N) is 3. The lowest BCUT2D eigenvalue weighted by Crippen LogP contribution is -2.21. The van der Waals surface area contributed by atoms with E-state index in [1.807, 2.05) is 0 Å². The number of halogens is 2. The summed E-state index contributed by atoms with van der Waals surface area (Å²) < 4.78 is 15.3. The van der Waals surface area contributed by atoms with E-state index >= 15 is 0 Å². The highest BCUT2D eigenvalue weighted by Crippen LogP contribution is 2.23. The van der Waals surface area contributed by atoms with Gasteiger partial charge in [0.15, 0.2) is 0 Å². The van der Waals surface area contributed by atoms with Crippen molar-refractivity contribution >= 4 is 11.6 Å². The fourth-order valence-electron chi connectivity index (χ4n) is 1.75. The third-order valence-corrected chi connectivity index (χ3v) is 2.93. The van der Waals surface area contributed by atoms with E-state index in [9.17, 15) is 4.39 Å². The van der Waals surface area contributed by atoms with Crippen LogP contribution in [0.15, 0.2) is 24.4 Å².